The van der Waals surface area contributed by atoms with E-state index in [-0.39, 0.29) is 37.0 Å². The zero-order valence-corrected chi connectivity index (χ0v) is 20.6. The van der Waals surface area contributed by atoms with Gasteiger partial charge in [-0.05, 0) is 39.5 Å². The molecule has 0 saturated heterocycles. The van der Waals surface area contributed by atoms with Crippen LogP contribution in [0.25, 0.3) is 0 Å². The Morgan fingerprint density at radius 2 is 1.52 bits per heavy atom. The van der Waals surface area contributed by atoms with Gasteiger partial charge in [0.2, 0.25) is 5.91 Å². The molecule has 0 spiro atoms. The van der Waals surface area contributed by atoms with Crippen molar-refractivity contribution in [3.05, 3.63) is 0 Å². The Kier molecular flexibility index (Phi) is 10.6. The van der Waals surface area contributed by atoms with E-state index in [0.29, 0.717) is 0 Å². The largest absolute Gasteiger partial charge is 0.387 e. The molecule has 1 atom stereocenters. The Morgan fingerprint density at radius 3 is 1.97 bits per heavy atom. The minimum Gasteiger partial charge on any atom is -0.377 e. The van der Waals surface area contributed by atoms with E-state index in [1.54, 1.807) is 34.6 Å². The fourth-order valence-electron chi connectivity index (χ4n) is 2.43. The molecule has 0 unspecified atom stereocenters. The lowest BCUT2D eigenvalue weighted by molar-refractivity contribution is -0.283. The molecule has 0 bridgehead atoms. The molecular formula is C20H37NO9S. The number of hydrogen-bond donors (Lipinski definition) is 2. The van der Waals surface area contributed by atoms with E-state index in [2.05, 4.69) is 15.1 Å². The van der Waals surface area contributed by atoms with E-state index in [9.17, 15) is 27.9 Å². The van der Waals surface area contributed by atoms with E-state index < -0.39 is 45.1 Å². The maximum absolute atomic E-state index is 12.7. The summed E-state index contributed by atoms with van der Waals surface area (Å²) in [5.74, 6) is -2.81. The number of hydrogen-bond acceptors (Lipinski definition) is 9. The van der Waals surface area contributed by atoms with Crippen molar-refractivity contribution in [2.24, 2.45) is 16.7 Å². The Bertz CT molecular complexity index is 738. The van der Waals surface area contributed by atoms with Gasteiger partial charge in [0.25, 0.3) is 10.1 Å². The van der Waals surface area contributed by atoms with E-state index in [0.717, 1.165) is 0 Å². The third-order valence-electron chi connectivity index (χ3n) is 4.51. The van der Waals surface area contributed by atoms with Gasteiger partial charge in [0.1, 0.15) is 0 Å². The minimum absolute atomic E-state index is 0.0855. The summed E-state index contributed by atoms with van der Waals surface area (Å²) in [4.78, 5) is 44.6. The van der Waals surface area contributed by atoms with Gasteiger partial charge in [0.15, 0.2) is 5.60 Å². The highest BCUT2D eigenvalue weighted by Gasteiger charge is 2.53. The van der Waals surface area contributed by atoms with Crippen molar-refractivity contribution in [3.63, 3.8) is 0 Å². The highest BCUT2D eigenvalue weighted by atomic mass is 32.2. The fraction of sp³-hybridized carbons (Fsp3) is 0.850. The van der Waals surface area contributed by atoms with Crippen molar-refractivity contribution < 1.29 is 41.9 Å². The highest BCUT2D eigenvalue weighted by Crippen LogP contribution is 2.38. The number of nitrogens with one attached hydrogen (secondary N) is 1. The predicted molar refractivity (Wildman–Crippen MR) is 113 cm³/mol. The standard InChI is InChI=1S/C20H37NO9S/c1-14(2)12-20(25,17(24)30-29-16(23)18(4,5)6)19(7,8)13-28-31(26,27)11-9-10-21-15(3)22/h14,25H,9-13H2,1-8H3,(H,21,22)/t20-/m0/s1. The summed E-state index contributed by atoms with van der Waals surface area (Å²) in [5, 5.41) is 13.7. The summed E-state index contributed by atoms with van der Waals surface area (Å²) in [6.07, 6.45) is 0.0568. The minimum atomic E-state index is -3.97. The van der Waals surface area contributed by atoms with E-state index in [1.807, 2.05) is 0 Å². The van der Waals surface area contributed by atoms with Gasteiger partial charge < -0.3 is 10.4 Å². The molecule has 2 N–H and O–H groups in total. The molecule has 0 radical (unpaired) electrons. The Balaban J connectivity index is 5.29. The third-order valence-corrected chi connectivity index (χ3v) is 5.78. The van der Waals surface area contributed by atoms with Gasteiger partial charge in [0.05, 0.1) is 17.8 Å². The number of carbonyl (C=O) groups excluding carboxylic acids is 3. The van der Waals surface area contributed by atoms with Crippen LogP contribution in [0.15, 0.2) is 0 Å². The summed E-state index contributed by atoms with van der Waals surface area (Å²) in [6.45, 7) is 12.1. The SMILES string of the molecule is CC(=O)NCCCS(=O)(=O)OCC(C)(C)[C@](O)(CC(C)C)C(=O)OOC(=O)C(C)(C)C. The summed E-state index contributed by atoms with van der Waals surface area (Å²) >= 11 is 0. The van der Waals surface area contributed by atoms with Crippen molar-refractivity contribution in [2.45, 2.75) is 73.8 Å². The average Bonchev–Trinajstić information content (AvgIpc) is 2.59. The van der Waals surface area contributed by atoms with Crippen molar-refractivity contribution in [1.29, 1.82) is 0 Å². The van der Waals surface area contributed by atoms with Crippen LogP contribution < -0.4 is 5.32 Å². The van der Waals surface area contributed by atoms with E-state index in [1.165, 1.54) is 20.8 Å². The van der Waals surface area contributed by atoms with Crippen molar-refractivity contribution in [2.75, 3.05) is 18.9 Å². The van der Waals surface area contributed by atoms with E-state index >= 15 is 0 Å². The summed E-state index contributed by atoms with van der Waals surface area (Å²) in [7, 11) is -3.97. The topological polar surface area (TPSA) is 145 Å². The molecule has 1 amide bonds. The Labute approximate surface area is 185 Å². The fourth-order valence-corrected chi connectivity index (χ4v) is 3.52. The van der Waals surface area contributed by atoms with E-state index in [4.69, 9.17) is 4.18 Å². The van der Waals surface area contributed by atoms with Crippen LogP contribution in [0.2, 0.25) is 0 Å². The average molecular weight is 468 g/mol. The summed E-state index contributed by atoms with van der Waals surface area (Å²) < 4.78 is 29.4. The lowest BCUT2D eigenvalue weighted by Gasteiger charge is -2.40. The molecule has 0 aliphatic carbocycles. The second kappa shape index (κ2) is 11.2. The highest BCUT2D eigenvalue weighted by molar-refractivity contribution is 7.86. The van der Waals surface area contributed by atoms with Crippen LogP contribution in [-0.4, -0.2) is 55.9 Å². The van der Waals surface area contributed by atoms with Crippen molar-refractivity contribution in [1.82, 2.24) is 5.32 Å². The van der Waals surface area contributed by atoms with Crippen LogP contribution in [0, 0.1) is 16.7 Å². The molecule has 0 aliphatic rings. The first-order valence-corrected chi connectivity index (χ1v) is 11.7. The molecule has 0 aliphatic heterocycles. The second-order valence-electron chi connectivity index (χ2n) is 9.69. The molecule has 182 valence electrons. The molecule has 0 heterocycles. The van der Waals surface area contributed by atoms with Gasteiger partial charge in [-0.15, -0.1) is 0 Å². The van der Waals surface area contributed by atoms with Gasteiger partial charge in [-0.25, -0.2) is 19.4 Å². The predicted octanol–water partition coefficient (Wildman–Crippen LogP) is 1.71. The zero-order valence-electron chi connectivity index (χ0n) is 19.7. The van der Waals surface area contributed by atoms with Gasteiger partial charge in [0, 0.05) is 18.9 Å². The molecule has 0 fully saturated rings. The lowest BCUT2D eigenvalue weighted by Crippen LogP contribution is -2.55. The molecule has 31 heavy (non-hydrogen) atoms. The Morgan fingerprint density at radius 1 is 1.00 bits per heavy atom. The van der Waals surface area contributed by atoms with Crippen LogP contribution in [-0.2, 0) is 38.5 Å². The zero-order chi connectivity index (χ0) is 24.7. The molecule has 0 aromatic carbocycles. The van der Waals surface area contributed by atoms with Crippen LogP contribution >= 0.6 is 0 Å². The summed E-state index contributed by atoms with van der Waals surface area (Å²) in [5.41, 5.74) is -4.53. The molecule has 10 nitrogen and oxygen atoms in total. The van der Waals surface area contributed by atoms with Gasteiger partial charge in [-0.3, -0.25) is 8.98 Å². The van der Waals surface area contributed by atoms with Crippen molar-refractivity contribution in [3.8, 4) is 0 Å². The number of rotatable bonds is 11. The molecular weight excluding hydrogens is 430 g/mol. The van der Waals surface area contributed by atoms with Gasteiger partial charge >= 0.3 is 11.9 Å². The second-order valence-corrected chi connectivity index (χ2v) is 11.5. The Hall–Kier alpha value is -1.72. The van der Waals surface area contributed by atoms with Gasteiger partial charge in [-0.1, -0.05) is 27.7 Å². The number of amides is 1. The van der Waals surface area contributed by atoms with Crippen LogP contribution in [0.3, 0.4) is 0 Å². The smallest absolute Gasteiger partial charge is 0.377 e. The van der Waals surface area contributed by atoms with Crippen LogP contribution in [0.5, 0.6) is 0 Å². The van der Waals surface area contributed by atoms with Gasteiger partial charge in [-0.2, -0.15) is 8.42 Å². The molecule has 0 aromatic rings. The first-order chi connectivity index (χ1) is 13.8. The molecule has 0 rings (SSSR count). The third kappa shape index (κ3) is 9.96. The number of carbonyl (C=O) groups is 3. The monoisotopic (exact) mass is 467 g/mol. The molecule has 0 aromatic heterocycles. The molecule has 0 saturated carbocycles. The lowest BCUT2D eigenvalue weighted by atomic mass is 9.71. The summed E-state index contributed by atoms with van der Waals surface area (Å²) in [6, 6.07) is 0. The maximum Gasteiger partial charge on any atom is 0.387 e. The quantitative estimate of drug-likeness (QED) is 0.201. The first-order valence-electron chi connectivity index (χ1n) is 10.1. The number of aliphatic hydroxyl groups is 1. The normalized spacial score (nSPS) is 14.6. The first kappa shape index (κ1) is 29.3. The van der Waals surface area contributed by atoms with Crippen LogP contribution in [0.4, 0.5) is 0 Å². The van der Waals surface area contributed by atoms with Crippen LogP contribution in [0.1, 0.15) is 68.2 Å². The maximum atomic E-state index is 12.7. The molecule has 11 heteroatoms. The van der Waals surface area contributed by atoms with Crippen molar-refractivity contribution >= 4 is 28.0 Å².